The molecule has 1 saturated heterocycles. The van der Waals surface area contributed by atoms with E-state index in [-0.39, 0.29) is 17.4 Å². The van der Waals surface area contributed by atoms with Crippen LogP contribution in [0.3, 0.4) is 0 Å². The Bertz CT molecular complexity index is 484. The number of hydrogen-bond donors (Lipinski definition) is 1. The average Bonchev–Trinajstić information content (AvgIpc) is 3.29. The molecular formula is C16H23N3O. The van der Waals surface area contributed by atoms with Gasteiger partial charge in [0.25, 0.3) is 0 Å². The SMILES string of the molecule is CN1CCN(C(=O)C2(c3ccccc3)CC2)C(CN)C1. The number of carbonyl (C=O) groups is 1. The molecule has 2 fully saturated rings. The summed E-state index contributed by atoms with van der Waals surface area (Å²) in [7, 11) is 2.09. The second-order valence-corrected chi connectivity index (χ2v) is 6.10. The van der Waals surface area contributed by atoms with E-state index in [0.29, 0.717) is 6.54 Å². The topological polar surface area (TPSA) is 49.6 Å². The van der Waals surface area contributed by atoms with Gasteiger partial charge in [0.05, 0.1) is 11.5 Å². The maximum Gasteiger partial charge on any atom is 0.233 e. The van der Waals surface area contributed by atoms with Crippen LogP contribution in [0, 0.1) is 0 Å². The number of hydrogen-bond acceptors (Lipinski definition) is 3. The molecule has 1 saturated carbocycles. The molecule has 0 bridgehead atoms. The molecule has 1 aromatic rings. The Kier molecular flexibility index (Phi) is 3.52. The van der Waals surface area contributed by atoms with Crippen molar-refractivity contribution in [2.45, 2.75) is 24.3 Å². The summed E-state index contributed by atoms with van der Waals surface area (Å²) in [6.07, 6.45) is 1.94. The molecule has 3 rings (SSSR count). The Morgan fingerprint density at radius 2 is 2.00 bits per heavy atom. The zero-order valence-electron chi connectivity index (χ0n) is 12.1. The third kappa shape index (κ3) is 2.23. The van der Waals surface area contributed by atoms with Crippen LogP contribution in [0.5, 0.6) is 0 Å². The van der Waals surface area contributed by atoms with Gasteiger partial charge < -0.3 is 15.5 Å². The maximum atomic E-state index is 13.0. The van der Waals surface area contributed by atoms with Crippen molar-refractivity contribution >= 4 is 5.91 Å². The first-order valence-corrected chi connectivity index (χ1v) is 7.42. The van der Waals surface area contributed by atoms with Gasteiger partial charge in [-0.3, -0.25) is 4.79 Å². The fourth-order valence-corrected chi connectivity index (χ4v) is 3.26. The minimum Gasteiger partial charge on any atom is -0.335 e. The first-order chi connectivity index (χ1) is 9.67. The van der Waals surface area contributed by atoms with Crippen molar-refractivity contribution in [1.82, 2.24) is 9.80 Å². The molecule has 108 valence electrons. The highest BCUT2D eigenvalue weighted by Gasteiger charge is 2.54. The lowest BCUT2D eigenvalue weighted by Gasteiger charge is -2.41. The number of carbonyl (C=O) groups excluding carboxylic acids is 1. The van der Waals surface area contributed by atoms with Crippen LogP contribution in [0.25, 0.3) is 0 Å². The molecule has 0 spiro atoms. The summed E-state index contributed by atoms with van der Waals surface area (Å²) >= 11 is 0. The van der Waals surface area contributed by atoms with Gasteiger partial charge in [0.1, 0.15) is 0 Å². The molecular weight excluding hydrogens is 250 g/mol. The highest BCUT2D eigenvalue weighted by atomic mass is 16.2. The summed E-state index contributed by atoms with van der Waals surface area (Å²) < 4.78 is 0. The van der Waals surface area contributed by atoms with Gasteiger partial charge in [-0.2, -0.15) is 0 Å². The molecule has 1 atom stereocenters. The van der Waals surface area contributed by atoms with E-state index in [1.54, 1.807) is 0 Å². The Morgan fingerprint density at radius 1 is 1.30 bits per heavy atom. The standard InChI is InChI=1S/C16H23N3O/c1-18-9-10-19(14(11-17)12-18)15(20)16(7-8-16)13-5-3-2-4-6-13/h2-6,14H,7-12,17H2,1H3. The minimum absolute atomic E-state index is 0.155. The second-order valence-electron chi connectivity index (χ2n) is 6.10. The van der Waals surface area contributed by atoms with E-state index in [2.05, 4.69) is 24.1 Å². The fourth-order valence-electron chi connectivity index (χ4n) is 3.26. The summed E-state index contributed by atoms with van der Waals surface area (Å²) in [6.45, 7) is 3.16. The monoisotopic (exact) mass is 273 g/mol. The number of nitrogens with two attached hydrogens (primary N) is 1. The highest BCUT2D eigenvalue weighted by molar-refractivity contribution is 5.91. The Balaban J connectivity index is 1.82. The van der Waals surface area contributed by atoms with Crippen LogP contribution in [-0.4, -0.2) is 55.0 Å². The molecule has 20 heavy (non-hydrogen) atoms. The normalized spacial score (nSPS) is 25.5. The lowest BCUT2D eigenvalue weighted by molar-refractivity contribution is -0.138. The maximum absolute atomic E-state index is 13.0. The lowest BCUT2D eigenvalue weighted by Crippen LogP contribution is -2.58. The van der Waals surface area contributed by atoms with E-state index >= 15 is 0 Å². The van der Waals surface area contributed by atoms with E-state index < -0.39 is 0 Å². The first-order valence-electron chi connectivity index (χ1n) is 7.42. The van der Waals surface area contributed by atoms with Crippen LogP contribution < -0.4 is 5.73 Å². The third-order valence-corrected chi connectivity index (χ3v) is 4.70. The fraction of sp³-hybridized carbons (Fsp3) is 0.562. The van der Waals surface area contributed by atoms with E-state index in [9.17, 15) is 4.79 Å². The number of amides is 1. The van der Waals surface area contributed by atoms with Crippen molar-refractivity contribution in [3.8, 4) is 0 Å². The molecule has 1 amide bonds. The first kappa shape index (κ1) is 13.6. The minimum atomic E-state index is -0.259. The van der Waals surface area contributed by atoms with Crippen molar-refractivity contribution in [2.75, 3.05) is 33.2 Å². The smallest absolute Gasteiger partial charge is 0.233 e. The Morgan fingerprint density at radius 3 is 2.60 bits per heavy atom. The van der Waals surface area contributed by atoms with Gasteiger partial charge in [0.2, 0.25) is 5.91 Å². The van der Waals surface area contributed by atoms with Gasteiger partial charge >= 0.3 is 0 Å². The molecule has 1 unspecified atom stereocenters. The lowest BCUT2D eigenvalue weighted by atomic mass is 9.93. The highest BCUT2D eigenvalue weighted by Crippen LogP contribution is 2.49. The molecule has 1 aromatic carbocycles. The number of likely N-dealkylation sites (N-methyl/N-ethyl adjacent to an activating group) is 1. The molecule has 1 aliphatic carbocycles. The van der Waals surface area contributed by atoms with E-state index in [4.69, 9.17) is 5.73 Å². The average molecular weight is 273 g/mol. The number of rotatable bonds is 3. The molecule has 4 heteroatoms. The van der Waals surface area contributed by atoms with E-state index in [1.807, 2.05) is 23.1 Å². The zero-order valence-corrected chi connectivity index (χ0v) is 12.1. The van der Waals surface area contributed by atoms with Crippen LogP contribution >= 0.6 is 0 Å². The van der Waals surface area contributed by atoms with Crippen molar-refractivity contribution in [2.24, 2.45) is 5.73 Å². The third-order valence-electron chi connectivity index (χ3n) is 4.70. The molecule has 1 heterocycles. The molecule has 2 N–H and O–H groups in total. The quantitative estimate of drug-likeness (QED) is 0.887. The largest absolute Gasteiger partial charge is 0.335 e. The van der Waals surface area contributed by atoms with Gasteiger partial charge in [-0.25, -0.2) is 0 Å². The molecule has 2 aliphatic rings. The van der Waals surface area contributed by atoms with Gasteiger partial charge in [0, 0.05) is 26.2 Å². The Hall–Kier alpha value is -1.39. The number of nitrogens with zero attached hydrogens (tertiary/aromatic N) is 2. The summed E-state index contributed by atoms with van der Waals surface area (Å²) in [4.78, 5) is 17.3. The number of benzene rings is 1. The van der Waals surface area contributed by atoms with Crippen LogP contribution in [0.1, 0.15) is 18.4 Å². The van der Waals surface area contributed by atoms with E-state index in [0.717, 1.165) is 32.5 Å². The molecule has 4 nitrogen and oxygen atoms in total. The summed E-state index contributed by atoms with van der Waals surface area (Å²) in [5.74, 6) is 0.284. The summed E-state index contributed by atoms with van der Waals surface area (Å²) in [5, 5.41) is 0. The molecule has 0 radical (unpaired) electrons. The van der Waals surface area contributed by atoms with Crippen LogP contribution in [0.15, 0.2) is 30.3 Å². The van der Waals surface area contributed by atoms with Crippen molar-refractivity contribution < 1.29 is 4.79 Å². The van der Waals surface area contributed by atoms with Crippen LogP contribution in [0.4, 0.5) is 0 Å². The van der Waals surface area contributed by atoms with Gasteiger partial charge in [-0.15, -0.1) is 0 Å². The predicted octanol–water partition coefficient (Wildman–Crippen LogP) is 0.819. The van der Waals surface area contributed by atoms with Crippen LogP contribution in [-0.2, 0) is 10.2 Å². The Labute approximate surface area is 120 Å². The summed E-state index contributed by atoms with van der Waals surface area (Å²) in [6, 6.07) is 10.4. The van der Waals surface area contributed by atoms with Gasteiger partial charge in [0.15, 0.2) is 0 Å². The van der Waals surface area contributed by atoms with Gasteiger partial charge in [-0.05, 0) is 25.5 Å². The zero-order chi connectivity index (χ0) is 14.2. The molecule has 0 aromatic heterocycles. The van der Waals surface area contributed by atoms with Crippen molar-refractivity contribution in [3.05, 3.63) is 35.9 Å². The van der Waals surface area contributed by atoms with Crippen molar-refractivity contribution in [3.63, 3.8) is 0 Å². The molecule has 1 aliphatic heterocycles. The van der Waals surface area contributed by atoms with Gasteiger partial charge in [-0.1, -0.05) is 30.3 Å². The number of piperazine rings is 1. The van der Waals surface area contributed by atoms with E-state index in [1.165, 1.54) is 5.56 Å². The second kappa shape index (κ2) is 5.19. The van der Waals surface area contributed by atoms with Crippen LogP contribution in [0.2, 0.25) is 0 Å². The van der Waals surface area contributed by atoms with Crippen molar-refractivity contribution in [1.29, 1.82) is 0 Å². The summed E-state index contributed by atoms with van der Waals surface area (Å²) in [5.41, 5.74) is 6.78. The predicted molar refractivity (Wildman–Crippen MR) is 79.4 cm³/mol.